The molecular weight excluding hydrogens is 194 g/mol. The van der Waals surface area contributed by atoms with Crippen LogP contribution in [0.5, 0.6) is 0 Å². The minimum Gasteiger partial charge on any atom is -0.258 e. The molecule has 0 aliphatic rings. The Balaban J connectivity index is 3.07. The summed E-state index contributed by atoms with van der Waals surface area (Å²) < 4.78 is 0. The van der Waals surface area contributed by atoms with E-state index in [0.717, 1.165) is 18.5 Å². The van der Waals surface area contributed by atoms with Gasteiger partial charge < -0.3 is 0 Å². The molecule has 0 aromatic carbocycles. The largest absolute Gasteiger partial charge is 0.258 e. The monoisotopic (exact) mass is 217 g/mol. The lowest BCUT2D eigenvalue weighted by molar-refractivity contribution is 0.775. The highest BCUT2D eigenvalue weighted by molar-refractivity contribution is 5.55. The van der Waals surface area contributed by atoms with Gasteiger partial charge in [-0.2, -0.15) is 0 Å². The Bertz CT molecular complexity index is 375. The topological polar surface area (TPSA) is 12.9 Å². The maximum atomic E-state index is 4.63. The van der Waals surface area contributed by atoms with Crippen molar-refractivity contribution in [1.82, 2.24) is 4.98 Å². The summed E-state index contributed by atoms with van der Waals surface area (Å²) in [5, 5.41) is 0. The van der Waals surface area contributed by atoms with Crippen LogP contribution in [0, 0.1) is 12.8 Å². The zero-order valence-corrected chi connectivity index (χ0v) is 11.2. The van der Waals surface area contributed by atoms with E-state index >= 15 is 0 Å². The van der Waals surface area contributed by atoms with Crippen molar-refractivity contribution in [2.45, 2.75) is 47.5 Å². The summed E-state index contributed by atoms with van der Waals surface area (Å²) in [7, 11) is 0. The van der Waals surface area contributed by atoms with Gasteiger partial charge in [0, 0.05) is 11.4 Å². The van der Waals surface area contributed by atoms with Crippen LogP contribution in [0.2, 0.25) is 0 Å². The summed E-state index contributed by atoms with van der Waals surface area (Å²) in [6.45, 7) is 10.9. The first-order valence-corrected chi connectivity index (χ1v) is 6.19. The van der Waals surface area contributed by atoms with Gasteiger partial charge in [0.25, 0.3) is 0 Å². The van der Waals surface area contributed by atoms with Crippen molar-refractivity contribution in [2.24, 2.45) is 5.92 Å². The fraction of sp³-hybridized carbons (Fsp3) is 0.533. The highest BCUT2D eigenvalue weighted by atomic mass is 14.7. The molecule has 1 aromatic heterocycles. The van der Waals surface area contributed by atoms with E-state index in [1.54, 1.807) is 0 Å². The molecule has 1 rings (SSSR count). The fourth-order valence-corrected chi connectivity index (χ4v) is 1.60. The van der Waals surface area contributed by atoms with Crippen LogP contribution in [0.3, 0.4) is 0 Å². The van der Waals surface area contributed by atoms with E-state index in [-0.39, 0.29) is 0 Å². The molecule has 0 amide bonds. The molecule has 1 nitrogen and oxygen atoms in total. The molecule has 0 saturated heterocycles. The standard InChI is InChI=1S/C15H23N/c1-6-7-15-14(9-8-13(5)16-15)10-12(4)11(2)3/h8-11H,6-7H2,1-5H3. The number of allylic oxidation sites excluding steroid dienone is 1. The number of aryl methyl sites for hydroxylation is 2. The number of aromatic nitrogens is 1. The zero-order chi connectivity index (χ0) is 12.1. The summed E-state index contributed by atoms with van der Waals surface area (Å²) in [6, 6.07) is 4.29. The molecule has 0 bridgehead atoms. The number of hydrogen-bond donors (Lipinski definition) is 0. The molecule has 0 spiro atoms. The lowest BCUT2D eigenvalue weighted by Gasteiger charge is -2.09. The molecule has 0 saturated carbocycles. The first-order valence-electron chi connectivity index (χ1n) is 6.19. The quantitative estimate of drug-likeness (QED) is 0.728. The maximum Gasteiger partial charge on any atom is 0.0478 e. The number of pyridine rings is 1. The van der Waals surface area contributed by atoms with Crippen LogP contribution < -0.4 is 0 Å². The lowest BCUT2D eigenvalue weighted by atomic mass is 10.00. The summed E-state index contributed by atoms with van der Waals surface area (Å²) >= 11 is 0. The van der Waals surface area contributed by atoms with Gasteiger partial charge in [-0.1, -0.05) is 44.9 Å². The third-order valence-corrected chi connectivity index (χ3v) is 2.93. The number of hydrogen-bond acceptors (Lipinski definition) is 1. The Morgan fingerprint density at radius 2 is 2.06 bits per heavy atom. The second-order valence-corrected chi connectivity index (χ2v) is 4.78. The zero-order valence-electron chi connectivity index (χ0n) is 11.2. The van der Waals surface area contributed by atoms with Gasteiger partial charge in [0.2, 0.25) is 0 Å². The first-order chi connectivity index (χ1) is 7.54. The molecular formula is C15H23N. The molecule has 0 aliphatic heterocycles. The van der Waals surface area contributed by atoms with E-state index < -0.39 is 0 Å². The molecule has 88 valence electrons. The van der Waals surface area contributed by atoms with Gasteiger partial charge in [-0.05, 0) is 37.8 Å². The Labute approximate surface area is 99.6 Å². The molecule has 0 atom stereocenters. The Morgan fingerprint density at radius 1 is 1.38 bits per heavy atom. The third-order valence-electron chi connectivity index (χ3n) is 2.93. The van der Waals surface area contributed by atoms with Crippen molar-refractivity contribution < 1.29 is 0 Å². The van der Waals surface area contributed by atoms with Crippen molar-refractivity contribution in [1.29, 1.82) is 0 Å². The highest BCUT2D eigenvalue weighted by Crippen LogP contribution is 2.17. The van der Waals surface area contributed by atoms with Gasteiger partial charge >= 0.3 is 0 Å². The van der Waals surface area contributed by atoms with Gasteiger partial charge in [0.15, 0.2) is 0 Å². The van der Waals surface area contributed by atoms with Crippen LogP contribution in [0.15, 0.2) is 17.7 Å². The van der Waals surface area contributed by atoms with Crippen LogP contribution in [0.1, 0.15) is 51.1 Å². The predicted molar refractivity (Wildman–Crippen MR) is 71.5 cm³/mol. The predicted octanol–water partition coefficient (Wildman–Crippen LogP) is 4.40. The highest BCUT2D eigenvalue weighted by Gasteiger charge is 2.03. The van der Waals surface area contributed by atoms with E-state index in [1.165, 1.54) is 16.8 Å². The maximum absolute atomic E-state index is 4.63. The van der Waals surface area contributed by atoms with Gasteiger partial charge in [-0.25, -0.2) is 0 Å². The summed E-state index contributed by atoms with van der Waals surface area (Å²) in [6.07, 6.45) is 4.50. The van der Waals surface area contributed by atoms with Crippen LogP contribution in [-0.4, -0.2) is 4.98 Å². The van der Waals surface area contributed by atoms with Crippen LogP contribution in [0.25, 0.3) is 6.08 Å². The average molecular weight is 217 g/mol. The van der Waals surface area contributed by atoms with E-state index in [1.807, 2.05) is 0 Å². The Hall–Kier alpha value is -1.11. The van der Waals surface area contributed by atoms with Crippen LogP contribution in [0.4, 0.5) is 0 Å². The van der Waals surface area contributed by atoms with Gasteiger partial charge in [0.05, 0.1) is 0 Å². The Morgan fingerprint density at radius 3 is 2.62 bits per heavy atom. The average Bonchev–Trinajstić information content (AvgIpc) is 2.22. The van der Waals surface area contributed by atoms with Gasteiger partial charge in [-0.15, -0.1) is 0 Å². The first kappa shape index (κ1) is 13.0. The van der Waals surface area contributed by atoms with Crippen molar-refractivity contribution in [3.8, 4) is 0 Å². The van der Waals surface area contributed by atoms with E-state index in [0.29, 0.717) is 5.92 Å². The lowest BCUT2D eigenvalue weighted by Crippen LogP contribution is -1.97. The molecule has 16 heavy (non-hydrogen) atoms. The van der Waals surface area contributed by atoms with Crippen molar-refractivity contribution in [2.75, 3.05) is 0 Å². The summed E-state index contributed by atoms with van der Waals surface area (Å²) in [4.78, 5) is 4.63. The van der Waals surface area contributed by atoms with E-state index in [2.05, 4.69) is 57.8 Å². The molecule has 1 heterocycles. The van der Waals surface area contributed by atoms with Crippen LogP contribution in [-0.2, 0) is 6.42 Å². The van der Waals surface area contributed by atoms with Crippen molar-refractivity contribution >= 4 is 6.08 Å². The van der Waals surface area contributed by atoms with Gasteiger partial charge in [-0.3, -0.25) is 4.98 Å². The minimum atomic E-state index is 0.607. The van der Waals surface area contributed by atoms with E-state index in [4.69, 9.17) is 0 Å². The molecule has 0 unspecified atom stereocenters. The fourth-order valence-electron chi connectivity index (χ4n) is 1.60. The smallest absolute Gasteiger partial charge is 0.0478 e. The van der Waals surface area contributed by atoms with E-state index in [9.17, 15) is 0 Å². The van der Waals surface area contributed by atoms with Crippen molar-refractivity contribution in [3.05, 3.63) is 34.7 Å². The minimum absolute atomic E-state index is 0.607. The molecule has 0 aliphatic carbocycles. The molecule has 0 N–H and O–H groups in total. The van der Waals surface area contributed by atoms with Crippen molar-refractivity contribution in [3.63, 3.8) is 0 Å². The summed E-state index contributed by atoms with van der Waals surface area (Å²) in [5.41, 5.74) is 5.06. The van der Waals surface area contributed by atoms with Crippen LogP contribution >= 0.6 is 0 Å². The van der Waals surface area contributed by atoms with Gasteiger partial charge in [0.1, 0.15) is 0 Å². The third kappa shape index (κ3) is 3.48. The second kappa shape index (κ2) is 5.83. The number of nitrogens with zero attached hydrogens (tertiary/aromatic N) is 1. The SMILES string of the molecule is CCCc1nc(C)ccc1C=C(C)C(C)C. The summed E-state index contributed by atoms with van der Waals surface area (Å²) in [5.74, 6) is 0.607. The normalized spacial score (nSPS) is 12.2. The molecule has 0 radical (unpaired) electrons. The second-order valence-electron chi connectivity index (χ2n) is 4.78. The molecule has 1 heteroatoms. The molecule has 1 aromatic rings. The Kier molecular flexibility index (Phi) is 4.72. The molecule has 0 fully saturated rings. The number of rotatable bonds is 4.